The first-order valence-electron chi connectivity index (χ1n) is 11.5. The standard InChI is InChI=1S/C26H34N2O4/c1-3-22(26(30)27-21-14-8-5-9-15-21)28(18-20-12-6-4-7-13-20)25(29)19-32-24-17-11-10-16-23(24)31-2/h4,6-7,10-13,16-17,21-22H,3,5,8-9,14-15,18-19H2,1-2H3,(H,27,30)/t22-/m0/s1. The monoisotopic (exact) mass is 438 g/mol. The van der Waals surface area contributed by atoms with E-state index in [1.165, 1.54) is 6.42 Å². The summed E-state index contributed by atoms with van der Waals surface area (Å²) in [7, 11) is 1.56. The first kappa shape index (κ1) is 23.6. The molecule has 1 N–H and O–H groups in total. The lowest BCUT2D eigenvalue weighted by atomic mass is 9.95. The summed E-state index contributed by atoms with van der Waals surface area (Å²) in [5, 5.41) is 3.19. The van der Waals surface area contributed by atoms with Crippen LogP contribution in [0.25, 0.3) is 0 Å². The lowest BCUT2D eigenvalue weighted by Crippen LogP contribution is -2.52. The highest BCUT2D eigenvalue weighted by atomic mass is 16.5. The summed E-state index contributed by atoms with van der Waals surface area (Å²) >= 11 is 0. The highest BCUT2D eigenvalue weighted by Crippen LogP contribution is 2.26. The number of carbonyl (C=O) groups excluding carboxylic acids is 2. The number of ether oxygens (including phenoxy) is 2. The molecule has 3 rings (SSSR count). The normalized spacial score (nSPS) is 14.9. The van der Waals surface area contributed by atoms with Crippen LogP contribution in [0.3, 0.4) is 0 Å². The van der Waals surface area contributed by atoms with Gasteiger partial charge in [-0.2, -0.15) is 0 Å². The number of hydrogen-bond acceptors (Lipinski definition) is 4. The van der Waals surface area contributed by atoms with E-state index in [-0.39, 0.29) is 24.5 Å². The van der Waals surface area contributed by atoms with Gasteiger partial charge in [0.15, 0.2) is 18.1 Å². The van der Waals surface area contributed by atoms with Crippen molar-refractivity contribution >= 4 is 11.8 Å². The van der Waals surface area contributed by atoms with E-state index in [0.29, 0.717) is 24.5 Å². The van der Waals surface area contributed by atoms with E-state index in [9.17, 15) is 9.59 Å². The summed E-state index contributed by atoms with van der Waals surface area (Å²) in [5.41, 5.74) is 0.974. The number of amides is 2. The Hall–Kier alpha value is -3.02. The Kier molecular flexibility index (Phi) is 8.96. The van der Waals surface area contributed by atoms with Crippen molar-refractivity contribution in [3.63, 3.8) is 0 Å². The highest BCUT2D eigenvalue weighted by molar-refractivity contribution is 5.88. The van der Waals surface area contributed by atoms with E-state index in [1.807, 2.05) is 49.4 Å². The molecule has 1 aliphatic carbocycles. The van der Waals surface area contributed by atoms with Gasteiger partial charge in [0.2, 0.25) is 5.91 Å². The molecule has 32 heavy (non-hydrogen) atoms. The van der Waals surface area contributed by atoms with Gasteiger partial charge >= 0.3 is 0 Å². The van der Waals surface area contributed by atoms with Crippen molar-refractivity contribution < 1.29 is 19.1 Å². The van der Waals surface area contributed by atoms with Gasteiger partial charge in [0.25, 0.3) is 5.91 Å². The largest absolute Gasteiger partial charge is 0.493 e. The molecule has 0 aromatic heterocycles. The lowest BCUT2D eigenvalue weighted by Gasteiger charge is -2.32. The van der Waals surface area contributed by atoms with Crippen LogP contribution in [0.15, 0.2) is 54.6 Å². The maximum Gasteiger partial charge on any atom is 0.261 e. The van der Waals surface area contributed by atoms with Gasteiger partial charge < -0.3 is 19.7 Å². The summed E-state index contributed by atoms with van der Waals surface area (Å²) in [5.74, 6) is 0.756. The molecule has 6 nitrogen and oxygen atoms in total. The zero-order valence-corrected chi connectivity index (χ0v) is 19.1. The van der Waals surface area contributed by atoms with Crippen LogP contribution in [-0.2, 0) is 16.1 Å². The van der Waals surface area contributed by atoms with Gasteiger partial charge in [-0.15, -0.1) is 0 Å². The fourth-order valence-corrected chi connectivity index (χ4v) is 4.20. The maximum absolute atomic E-state index is 13.3. The Morgan fingerprint density at radius 2 is 1.66 bits per heavy atom. The van der Waals surface area contributed by atoms with Crippen molar-refractivity contribution in [2.24, 2.45) is 0 Å². The number of hydrogen-bond donors (Lipinski definition) is 1. The van der Waals surface area contributed by atoms with Crippen LogP contribution < -0.4 is 14.8 Å². The predicted molar refractivity (Wildman–Crippen MR) is 125 cm³/mol. The van der Waals surface area contributed by atoms with Gasteiger partial charge in [0.1, 0.15) is 6.04 Å². The van der Waals surface area contributed by atoms with Crippen LogP contribution in [0, 0.1) is 0 Å². The lowest BCUT2D eigenvalue weighted by molar-refractivity contribution is -0.143. The first-order valence-corrected chi connectivity index (χ1v) is 11.5. The van der Waals surface area contributed by atoms with Crippen LogP contribution in [0.1, 0.15) is 51.0 Å². The minimum absolute atomic E-state index is 0.0824. The molecule has 1 saturated carbocycles. The molecule has 1 aliphatic rings. The summed E-state index contributed by atoms with van der Waals surface area (Å²) in [6.45, 7) is 2.13. The topological polar surface area (TPSA) is 67.9 Å². The average molecular weight is 439 g/mol. The minimum Gasteiger partial charge on any atom is -0.493 e. The van der Waals surface area contributed by atoms with Crippen molar-refractivity contribution in [1.82, 2.24) is 10.2 Å². The molecule has 0 radical (unpaired) electrons. The Labute approximate surface area is 190 Å². The van der Waals surface area contributed by atoms with Crippen LogP contribution in [0.5, 0.6) is 11.5 Å². The third-order valence-electron chi connectivity index (χ3n) is 5.95. The second-order valence-corrected chi connectivity index (χ2v) is 8.21. The third-order valence-corrected chi connectivity index (χ3v) is 5.95. The van der Waals surface area contributed by atoms with E-state index in [4.69, 9.17) is 9.47 Å². The molecule has 1 fully saturated rings. The molecule has 2 aromatic carbocycles. The number of para-hydroxylation sites is 2. The van der Waals surface area contributed by atoms with Crippen molar-refractivity contribution in [3.8, 4) is 11.5 Å². The zero-order valence-electron chi connectivity index (χ0n) is 19.1. The Bertz CT molecular complexity index is 865. The molecule has 0 saturated heterocycles. The molecule has 1 atom stereocenters. The van der Waals surface area contributed by atoms with Crippen molar-refractivity contribution in [3.05, 3.63) is 60.2 Å². The molecule has 2 aromatic rings. The van der Waals surface area contributed by atoms with Gasteiger partial charge in [0, 0.05) is 12.6 Å². The van der Waals surface area contributed by atoms with E-state index in [1.54, 1.807) is 24.1 Å². The zero-order chi connectivity index (χ0) is 22.8. The van der Waals surface area contributed by atoms with E-state index >= 15 is 0 Å². The van der Waals surface area contributed by atoms with Gasteiger partial charge in [-0.05, 0) is 37.0 Å². The molecule has 2 amide bonds. The van der Waals surface area contributed by atoms with E-state index in [2.05, 4.69) is 5.32 Å². The summed E-state index contributed by atoms with van der Waals surface area (Å²) in [4.78, 5) is 28.1. The number of benzene rings is 2. The molecule has 0 spiro atoms. The molecule has 172 valence electrons. The van der Waals surface area contributed by atoms with Gasteiger partial charge in [-0.25, -0.2) is 0 Å². The quantitative estimate of drug-likeness (QED) is 0.600. The number of rotatable bonds is 10. The maximum atomic E-state index is 13.3. The summed E-state index contributed by atoms with van der Waals surface area (Å²) in [6.07, 6.45) is 6.05. The fraction of sp³-hybridized carbons (Fsp3) is 0.462. The first-order chi connectivity index (χ1) is 15.6. The van der Waals surface area contributed by atoms with Crippen molar-refractivity contribution in [2.45, 2.75) is 64.1 Å². The summed E-state index contributed by atoms with van der Waals surface area (Å²) in [6, 6.07) is 16.6. The number of methoxy groups -OCH3 is 1. The molecule has 0 unspecified atom stereocenters. The average Bonchev–Trinajstić information content (AvgIpc) is 2.83. The molecular weight excluding hydrogens is 404 g/mol. The number of carbonyl (C=O) groups is 2. The Balaban J connectivity index is 1.74. The molecule has 0 aliphatic heterocycles. The molecule has 6 heteroatoms. The SMILES string of the molecule is CC[C@@H](C(=O)NC1CCCCC1)N(Cc1ccccc1)C(=O)COc1ccccc1OC. The van der Waals surface area contributed by atoms with E-state index in [0.717, 1.165) is 31.2 Å². The van der Waals surface area contributed by atoms with Gasteiger partial charge in [0.05, 0.1) is 7.11 Å². The van der Waals surface area contributed by atoms with Crippen LogP contribution >= 0.6 is 0 Å². The van der Waals surface area contributed by atoms with Gasteiger partial charge in [-0.3, -0.25) is 9.59 Å². The van der Waals surface area contributed by atoms with Crippen LogP contribution in [-0.4, -0.2) is 42.5 Å². The van der Waals surface area contributed by atoms with E-state index < -0.39 is 6.04 Å². The molecular formula is C26H34N2O4. The highest BCUT2D eigenvalue weighted by Gasteiger charge is 2.30. The molecule has 0 heterocycles. The van der Waals surface area contributed by atoms with Gasteiger partial charge in [-0.1, -0.05) is 68.7 Å². The predicted octanol–water partition coefficient (Wildman–Crippen LogP) is 4.33. The smallest absolute Gasteiger partial charge is 0.261 e. The minimum atomic E-state index is -0.550. The number of nitrogens with zero attached hydrogens (tertiary/aromatic N) is 1. The molecule has 0 bridgehead atoms. The van der Waals surface area contributed by atoms with Crippen molar-refractivity contribution in [1.29, 1.82) is 0 Å². The van der Waals surface area contributed by atoms with Crippen molar-refractivity contribution in [2.75, 3.05) is 13.7 Å². The third kappa shape index (κ3) is 6.49. The Morgan fingerprint density at radius 1 is 1.00 bits per heavy atom. The number of nitrogens with one attached hydrogen (secondary N) is 1. The van der Waals surface area contributed by atoms with Crippen LogP contribution in [0.4, 0.5) is 0 Å². The Morgan fingerprint density at radius 3 is 2.31 bits per heavy atom. The second-order valence-electron chi connectivity index (χ2n) is 8.21. The summed E-state index contributed by atoms with van der Waals surface area (Å²) < 4.78 is 11.1. The fourth-order valence-electron chi connectivity index (χ4n) is 4.20. The second kappa shape index (κ2) is 12.1. The van der Waals surface area contributed by atoms with Crippen LogP contribution in [0.2, 0.25) is 0 Å².